The Morgan fingerprint density at radius 1 is 1.16 bits per heavy atom. The molecule has 0 aromatic heterocycles. The Hall–Kier alpha value is -0.900. The van der Waals surface area contributed by atoms with Gasteiger partial charge in [-0.1, -0.05) is 52.0 Å². The average Bonchev–Trinajstić information content (AvgIpc) is 3.04. The van der Waals surface area contributed by atoms with Crippen molar-refractivity contribution in [2.24, 2.45) is 35.0 Å². The molecule has 0 heterocycles. The molecular formula is C29H48O3. The lowest BCUT2D eigenvalue weighted by molar-refractivity contribution is 0.0210. The smallest absolute Gasteiger partial charge is 0.0811 e. The molecule has 0 aromatic carbocycles. The molecule has 0 saturated heterocycles. The molecule has 8 atom stereocenters. The summed E-state index contributed by atoms with van der Waals surface area (Å²) in [6, 6.07) is 0. The van der Waals surface area contributed by atoms with Crippen molar-refractivity contribution in [3.63, 3.8) is 0 Å². The minimum Gasteiger partial charge on any atom is -0.393 e. The molecule has 3 rings (SSSR count). The van der Waals surface area contributed by atoms with Crippen LogP contribution in [0.15, 0.2) is 35.5 Å². The molecule has 0 radical (unpaired) electrons. The summed E-state index contributed by atoms with van der Waals surface area (Å²) in [6.07, 6.45) is 11.5. The molecule has 0 amide bonds. The molecule has 0 aromatic rings. The van der Waals surface area contributed by atoms with Gasteiger partial charge in [0.05, 0.1) is 17.8 Å². The third-order valence-electron chi connectivity index (χ3n) is 9.49. The number of fused-ring (bicyclic) bond motifs is 1. The number of aliphatic hydroxyl groups is 3. The van der Waals surface area contributed by atoms with E-state index in [9.17, 15) is 15.3 Å². The molecule has 182 valence electrons. The first-order valence-electron chi connectivity index (χ1n) is 13.0. The normalized spacial score (nSPS) is 39.2. The molecule has 0 bridgehead atoms. The monoisotopic (exact) mass is 444 g/mol. The van der Waals surface area contributed by atoms with Crippen LogP contribution in [-0.2, 0) is 0 Å². The Bertz CT molecular complexity index is 742. The fourth-order valence-electron chi connectivity index (χ4n) is 7.47. The van der Waals surface area contributed by atoms with E-state index in [0.29, 0.717) is 41.9 Å². The van der Waals surface area contributed by atoms with Gasteiger partial charge in [-0.3, -0.25) is 0 Å². The first-order valence-corrected chi connectivity index (χ1v) is 13.0. The number of hydrogen-bond acceptors (Lipinski definition) is 3. The van der Waals surface area contributed by atoms with Gasteiger partial charge in [0.2, 0.25) is 0 Å². The summed E-state index contributed by atoms with van der Waals surface area (Å²) in [6.45, 7) is 17.6. The summed E-state index contributed by atoms with van der Waals surface area (Å²) in [4.78, 5) is 0. The van der Waals surface area contributed by atoms with E-state index in [2.05, 4.69) is 46.4 Å². The molecule has 3 saturated carbocycles. The Balaban J connectivity index is 1.77. The second-order valence-electron chi connectivity index (χ2n) is 12.4. The van der Waals surface area contributed by atoms with Gasteiger partial charge < -0.3 is 15.3 Å². The molecule has 3 nitrogen and oxygen atoms in total. The maximum absolute atomic E-state index is 10.3. The zero-order valence-corrected chi connectivity index (χ0v) is 21.4. The van der Waals surface area contributed by atoms with Crippen LogP contribution in [0.3, 0.4) is 0 Å². The molecule has 32 heavy (non-hydrogen) atoms. The highest BCUT2D eigenvalue weighted by Gasteiger charge is 2.51. The summed E-state index contributed by atoms with van der Waals surface area (Å²) >= 11 is 0. The Kier molecular flexibility index (Phi) is 7.85. The van der Waals surface area contributed by atoms with E-state index in [1.807, 2.05) is 13.8 Å². The zero-order valence-electron chi connectivity index (χ0n) is 21.4. The Morgan fingerprint density at radius 2 is 1.84 bits per heavy atom. The van der Waals surface area contributed by atoms with Crippen molar-refractivity contribution >= 4 is 0 Å². The number of rotatable bonds is 6. The first-order chi connectivity index (χ1) is 14.8. The van der Waals surface area contributed by atoms with E-state index < -0.39 is 17.8 Å². The lowest BCUT2D eigenvalue weighted by Gasteiger charge is -2.46. The van der Waals surface area contributed by atoms with Gasteiger partial charge in [-0.05, 0) is 105 Å². The summed E-state index contributed by atoms with van der Waals surface area (Å²) in [5.41, 5.74) is 3.08. The summed E-state index contributed by atoms with van der Waals surface area (Å²) in [5.74, 6) is 3.09. The first kappa shape index (κ1) is 25.7. The van der Waals surface area contributed by atoms with Crippen molar-refractivity contribution in [1.82, 2.24) is 0 Å². The van der Waals surface area contributed by atoms with Crippen LogP contribution in [0.1, 0.15) is 92.9 Å². The molecule has 4 unspecified atom stereocenters. The molecule has 3 aliphatic carbocycles. The largest absolute Gasteiger partial charge is 0.393 e. The predicted octanol–water partition coefficient (Wildman–Crippen LogP) is 6.20. The van der Waals surface area contributed by atoms with E-state index in [1.165, 1.54) is 25.7 Å². The number of hydrogen-bond donors (Lipinski definition) is 3. The molecule has 0 spiro atoms. The fraction of sp³-hybridized carbons (Fsp3) is 0.793. The Labute approximate surface area is 196 Å². The second kappa shape index (κ2) is 9.76. The highest BCUT2D eigenvalue weighted by Crippen LogP contribution is 2.60. The van der Waals surface area contributed by atoms with E-state index in [4.69, 9.17) is 0 Å². The highest BCUT2D eigenvalue weighted by atomic mass is 16.3. The minimum absolute atomic E-state index is 0.341. The Morgan fingerprint density at radius 3 is 2.50 bits per heavy atom. The fourth-order valence-corrected chi connectivity index (χ4v) is 7.47. The van der Waals surface area contributed by atoms with Crippen LogP contribution in [0.2, 0.25) is 0 Å². The SMILES string of the molecule is C=C1/C(=C\C=C2/CCC[C@@]3(C)C2CCC3[C@H](C)C(C)C(C)CC(C)(C)O)C[C@@H](O)C[C@@H]1O. The van der Waals surface area contributed by atoms with Gasteiger partial charge in [-0.25, -0.2) is 0 Å². The summed E-state index contributed by atoms with van der Waals surface area (Å²) in [5, 5.41) is 30.6. The lowest BCUT2D eigenvalue weighted by atomic mass is 9.59. The van der Waals surface area contributed by atoms with Gasteiger partial charge in [0.15, 0.2) is 0 Å². The third kappa shape index (κ3) is 5.42. The van der Waals surface area contributed by atoms with E-state index in [0.717, 1.165) is 29.9 Å². The molecule has 0 aliphatic heterocycles. The van der Waals surface area contributed by atoms with Crippen molar-refractivity contribution in [2.75, 3.05) is 0 Å². The minimum atomic E-state index is -0.621. The van der Waals surface area contributed by atoms with E-state index in [-0.39, 0.29) is 0 Å². The molecule has 3 aliphatic rings. The van der Waals surface area contributed by atoms with Crippen molar-refractivity contribution in [1.29, 1.82) is 0 Å². The summed E-state index contributed by atoms with van der Waals surface area (Å²) < 4.78 is 0. The maximum Gasteiger partial charge on any atom is 0.0811 e. The predicted molar refractivity (Wildman–Crippen MR) is 133 cm³/mol. The molecule has 3 N–H and O–H groups in total. The molecule has 3 heteroatoms. The van der Waals surface area contributed by atoms with Crippen molar-refractivity contribution in [2.45, 2.75) is 111 Å². The highest BCUT2D eigenvalue weighted by molar-refractivity contribution is 5.38. The van der Waals surface area contributed by atoms with Gasteiger partial charge in [0.1, 0.15) is 0 Å². The topological polar surface area (TPSA) is 60.7 Å². The van der Waals surface area contributed by atoms with Crippen LogP contribution in [0, 0.1) is 35.0 Å². The summed E-state index contributed by atoms with van der Waals surface area (Å²) in [7, 11) is 0. The van der Waals surface area contributed by atoms with Crippen LogP contribution >= 0.6 is 0 Å². The van der Waals surface area contributed by atoms with Crippen LogP contribution in [0.25, 0.3) is 0 Å². The maximum atomic E-state index is 10.3. The average molecular weight is 445 g/mol. The van der Waals surface area contributed by atoms with Gasteiger partial charge in [-0.15, -0.1) is 0 Å². The van der Waals surface area contributed by atoms with Gasteiger partial charge in [0, 0.05) is 6.42 Å². The lowest BCUT2D eigenvalue weighted by Crippen LogP contribution is -2.39. The van der Waals surface area contributed by atoms with Gasteiger partial charge in [-0.2, -0.15) is 0 Å². The standard InChI is InChI=1S/C29H48O3/c1-18(17-28(5,6)32)19(2)20(3)25-12-13-26-22(9-8-14-29(25,26)7)10-11-23-15-24(30)16-27(31)21(23)4/h10-11,18-20,24-27,30-32H,4,8-9,12-17H2,1-3,5-7H3/b22-10+,23-11-/t18?,19?,20-,24-,25?,26?,27+,29-/m1/s1. The van der Waals surface area contributed by atoms with Crippen LogP contribution in [-0.4, -0.2) is 33.1 Å². The number of aliphatic hydroxyl groups excluding tert-OH is 2. The van der Waals surface area contributed by atoms with Crippen LogP contribution in [0.4, 0.5) is 0 Å². The van der Waals surface area contributed by atoms with Crippen molar-refractivity contribution in [3.8, 4) is 0 Å². The molecule has 3 fully saturated rings. The van der Waals surface area contributed by atoms with Gasteiger partial charge >= 0.3 is 0 Å². The zero-order chi connectivity index (χ0) is 23.8. The van der Waals surface area contributed by atoms with Crippen molar-refractivity contribution < 1.29 is 15.3 Å². The quantitative estimate of drug-likeness (QED) is 0.457. The van der Waals surface area contributed by atoms with Crippen molar-refractivity contribution in [3.05, 3.63) is 35.5 Å². The van der Waals surface area contributed by atoms with E-state index >= 15 is 0 Å². The number of allylic oxidation sites excluding steroid dienone is 3. The van der Waals surface area contributed by atoms with Gasteiger partial charge in [0.25, 0.3) is 0 Å². The molecular weight excluding hydrogens is 396 g/mol. The van der Waals surface area contributed by atoms with Crippen LogP contribution in [0.5, 0.6) is 0 Å². The third-order valence-corrected chi connectivity index (χ3v) is 9.49. The van der Waals surface area contributed by atoms with E-state index in [1.54, 1.807) is 5.57 Å². The second-order valence-corrected chi connectivity index (χ2v) is 12.4. The van der Waals surface area contributed by atoms with Crippen LogP contribution < -0.4 is 0 Å².